The Labute approximate surface area is 114 Å². The van der Waals surface area contributed by atoms with Gasteiger partial charge in [-0.15, -0.1) is 0 Å². The number of hydrogen-bond acceptors (Lipinski definition) is 2. The Morgan fingerprint density at radius 2 is 1.84 bits per heavy atom. The zero-order valence-corrected chi connectivity index (χ0v) is 11.7. The molecule has 0 unspecified atom stereocenters. The molecule has 0 aromatic heterocycles. The quantitative estimate of drug-likeness (QED) is 0.728. The van der Waals surface area contributed by atoms with Gasteiger partial charge in [-0.3, -0.25) is 0 Å². The summed E-state index contributed by atoms with van der Waals surface area (Å²) in [7, 11) is -0.261. The summed E-state index contributed by atoms with van der Waals surface area (Å²) in [5.41, 5.74) is 0.965. The Kier molecular flexibility index (Phi) is 3.11. The summed E-state index contributed by atoms with van der Waals surface area (Å²) in [6, 6.07) is 14.7. The van der Waals surface area contributed by atoms with Gasteiger partial charge in [0.15, 0.2) is 0 Å². The van der Waals surface area contributed by atoms with Crippen LogP contribution in [0.1, 0.15) is 27.2 Å². The second-order valence-electron chi connectivity index (χ2n) is 5.97. The van der Waals surface area contributed by atoms with Crippen molar-refractivity contribution in [2.24, 2.45) is 0 Å². The van der Waals surface area contributed by atoms with Crippen LogP contribution >= 0.6 is 0 Å². The van der Waals surface area contributed by atoms with Crippen LogP contribution in [0.5, 0.6) is 0 Å². The Bertz CT molecular complexity index is 594. The van der Waals surface area contributed by atoms with Crippen molar-refractivity contribution in [1.82, 2.24) is 0 Å². The molecule has 2 nitrogen and oxygen atoms in total. The molecule has 19 heavy (non-hydrogen) atoms. The Hall–Kier alpha value is -1.32. The third-order valence-electron chi connectivity index (χ3n) is 3.61. The third kappa shape index (κ3) is 2.67. The highest BCUT2D eigenvalue weighted by molar-refractivity contribution is 6.61. The average molecular weight is 254 g/mol. The van der Waals surface area contributed by atoms with E-state index in [0.717, 1.165) is 11.9 Å². The lowest BCUT2D eigenvalue weighted by molar-refractivity contribution is -0.0229. The van der Waals surface area contributed by atoms with Gasteiger partial charge >= 0.3 is 7.12 Å². The summed E-state index contributed by atoms with van der Waals surface area (Å²) in [4.78, 5) is 0. The fraction of sp³-hybridized carbons (Fsp3) is 0.375. The Balaban J connectivity index is 1.95. The van der Waals surface area contributed by atoms with Crippen LogP contribution in [-0.4, -0.2) is 18.8 Å². The highest BCUT2D eigenvalue weighted by Crippen LogP contribution is 2.26. The first-order valence-electron chi connectivity index (χ1n) is 6.85. The molecule has 3 heteroatoms. The van der Waals surface area contributed by atoms with Gasteiger partial charge in [0.25, 0.3) is 0 Å². The van der Waals surface area contributed by atoms with Crippen molar-refractivity contribution in [3.63, 3.8) is 0 Å². The SMILES string of the molecule is C[C@@H]1CC(C)(C)OB(c2ccc3ccccc3c2)O1. The van der Waals surface area contributed by atoms with Gasteiger partial charge in [-0.05, 0) is 43.4 Å². The van der Waals surface area contributed by atoms with Gasteiger partial charge in [-0.2, -0.15) is 0 Å². The van der Waals surface area contributed by atoms with E-state index < -0.39 is 0 Å². The molecule has 1 fully saturated rings. The van der Waals surface area contributed by atoms with Crippen molar-refractivity contribution in [1.29, 1.82) is 0 Å². The van der Waals surface area contributed by atoms with Crippen LogP contribution in [0.2, 0.25) is 0 Å². The summed E-state index contributed by atoms with van der Waals surface area (Å²) in [6.07, 6.45) is 1.15. The number of rotatable bonds is 1. The fourth-order valence-corrected chi connectivity index (χ4v) is 2.82. The first-order valence-corrected chi connectivity index (χ1v) is 6.85. The van der Waals surface area contributed by atoms with Crippen LogP contribution in [0, 0.1) is 0 Å². The maximum atomic E-state index is 6.06. The lowest BCUT2D eigenvalue weighted by atomic mass is 9.74. The van der Waals surface area contributed by atoms with Crippen LogP contribution in [-0.2, 0) is 9.31 Å². The molecule has 0 amide bonds. The van der Waals surface area contributed by atoms with Gasteiger partial charge < -0.3 is 9.31 Å². The van der Waals surface area contributed by atoms with E-state index in [1.54, 1.807) is 0 Å². The minimum absolute atomic E-state index is 0.131. The van der Waals surface area contributed by atoms with E-state index in [2.05, 4.69) is 63.2 Å². The molecule has 0 bridgehead atoms. The minimum atomic E-state index is -0.261. The summed E-state index contributed by atoms with van der Waals surface area (Å²) >= 11 is 0. The van der Waals surface area contributed by atoms with Crippen molar-refractivity contribution in [3.05, 3.63) is 42.5 Å². The standard InChI is InChI=1S/C16H19BO2/c1-12-11-16(2,3)19-17(18-12)15-9-8-13-6-4-5-7-14(13)10-15/h4-10,12H,11H2,1-3H3/t12-/m1/s1. The zero-order chi connectivity index (χ0) is 13.5. The second kappa shape index (κ2) is 4.66. The van der Waals surface area contributed by atoms with Crippen molar-refractivity contribution in [2.45, 2.75) is 38.9 Å². The normalized spacial score (nSPS) is 22.7. The lowest BCUT2D eigenvalue weighted by Gasteiger charge is -2.38. The first kappa shape index (κ1) is 12.7. The molecule has 0 spiro atoms. The third-order valence-corrected chi connectivity index (χ3v) is 3.61. The highest BCUT2D eigenvalue weighted by Gasteiger charge is 2.38. The monoisotopic (exact) mass is 254 g/mol. The van der Waals surface area contributed by atoms with Gasteiger partial charge in [0.2, 0.25) is 0 Å². The highest BCUT2D eigenvalue weighted by atomic mass is 16.6. The summed E-state index contributed by atoms with van der Waals surface area (Å²) in [5.74, 6) is 0. The molecule has 1 aliphatic rings. The summed E-state index contributed by atoms with van der Waals surface area (Å²) < 4.78 is 12.0. The molecule has 1 saturated heterocycles. The van der Waals surface area contributed by atoms with Gasteiger partial charge in [0, 0.05) is 6.10 Å². The molecular weight excluding hydrogens is 235 g/mol. The zero-order valence-electron chi connectivity index (χ0n) is 11.7. The maximum Gasteiger partial charge on any atom is 0.494 e. The largest absolute Gasteiger partial charge is 0.494 e. The van der Waals surface area contributed by atoms with Crippen LogP contribution < -0.4 is 5.46 Å². The van der Waals surface area contributed by atoms with Crippen molar-refractivity contribution >= 4 is 23.4 Å². The topological polar surface area (TPSA) is 18.5 Å². The summed E-state index contributed by atoms with van der Waals surface area (Å²) in [5, 5.41) is 2.47. The molecule has 2 aromatic rings. The number of benzene rings is 2. The average Bonchev–Trinajstić information content (AvgIpc) is 2.36. The molecule has 98 valence electrons. The van der Waals surface area contributed by atoms with Crippen LogP contribution in [0.25, 0.3) is 10.8 Å². The van der Waals surface area contributed by atoms with E-state index in [1.807, 2.05) is 0 Å². The molecule has 1 atom stereocenters. The summed E-state index contributed by atoms with van der Waals surface area (Å²) in [6.45, 7) is 6.36. The predicted molar refractivity (Wildman–Crippen MR) is 79.7 cm³/mol. The molecule has 0 saturated carbocycles. The van der Waals surface area contributed by atoms with Gasteiger partial charge in [0.1, 0.15) is 0 Å². The van der Waals surface area contributed by atoms with E-state index in [0.29, 0.717) is 0 Å². The van der Waals surface area contributed by atoms with E-state index in [1.165, 1.54) is 10.8 Å². The molecule has 0 aliphatic carbocycles. The van der Waals surface area contributed by atoms with Gasteiger partial charge in [0.05, 0.1) is 5.60 Å². The minimum Gasteiger partial charge on any atom is -0.405 e. The smallest absolute Gasteiger partial charge is 0.405 e. The fourth-order valence-electron chi connectivity index (χ4n) is 2.82. The van der Waals surface area contributed by atoms with E-state index in [-0.39, 0.29) is 18.8 Å². The van der Waals surface area contributed by atoms with Crippen LogP contribution in [0.4, 0.5) is 0 Å². The number of fused-ring (bicyclic) bond motifs is 1. The van der Waals surface area contributed by atoms with Crippen molar-refractivity contribution in [2.75, 3.05) is 0 Å². The molecule has 3 rings (SSSR count). The predicted octanol–water partition coefficient (Wildman–Crippen LogP) is 3.14. The first-order chi connectivity index (χ1) is 9.03. The lowest BCUT2D eigenvalue weighted by Crippen LogP contribution is -2.51. The van der Waals surface area contributed by atoms with Gasteiger partial charge in [-0.25, -0.2) is 0 Å². The molecule has 1 heterocycles. The molecule has 0 radical (unpaired) electrons. The van der Waals surface area contributed by atoms with E-state index in [4.69, 9.17) is 9.31 Å². The molecule has 1 aliphatic heterocycles. The molecular formula is C16H19BO2. The Morgan fingerprint density at radius 1 is 1.11 bits per heavy atom. The molecule has 2 aromatic carbocycles. The van der Waals surface area contributed by atoms with Crippen LogP contribution in [0.15, 0.2) is 42.5 Å². The van der Waals surface area contributed by atoms with Crippen molar-refractivity contribution < 1.29 is 9.31 Å². The van der Waals surface area contributed by atoms with Crippen LogP contribution in [0.3, 0.4) is 0 Å². The second-order valence-corrected chi connectivity index (χ2v) is 5.97. The Morgan fingerprint density at radius 3 is 2.58 bits per heavy atom. The van der Waals surface area contributed by atoms with Gasteiger partial charge in [-0.1, -0.05) is 42.5 Å². The van der Waals surface area contributed by atoms with E-state index >= 15 is 0 Å². The van der Waals surface area contributed by atoms with Crippen molar-refractivity contribution in [3.8, 4) is 0 Å². The molecule has 0 N–H and O–H groups in total. The maximum absolute atomic E-state index is 6.06. The number of hydrogen-bond donors (Lipinski definition) is 0. The van der Waals surface area contributed by atoms with E-state index in [9.17, 15) is 0 Å².